The van der Waals surface area contributed by atoms with Crippen molar-refractivity contribution in [1.82, 2.24) is 15.3 Å². The van der Waals surface area contributed by atoms with Crippen LogP contribution in [0.15, 0.2) is 6.20 Å². The van der Waals surface area contributed by atoms with Crippen molar-refractivity contribution in [2.24, 2.45) is 0 Å². The molecule has 2 aliphatic rings. The molecule has 1 amide bonds. The number of nitrogens with one attached hydrogen (secondary N) is 1. The van der Waals surface area contributed by atoms with E-state index < -0.39 is 11.0 Å². The molecule has 0 bridgehead atoms. The summed E-state index contributed by atoms with van der Waals surface area (Å²) in [6.07, 6.45) is 2.89. The average molecular weight is 282 g/mol. The van der Waals surface area contributed by atoms with E-state index in [1.807, 2.05) is 13.8 Å². The first-order valence-corrected chi connectivity index (χ1v) is 6.89. The van der Waals surface area contributed by atoms with Gasteiger partial charge in [0, 0.05) is 0 Å². The molecule has 1 N–H and O–H groups in total. The summed E-state index contributed by atoms with van der Waals surface area (Å²) in [4.78, 5) is 21.4. The maximum absolute atomic E-state index is 12.6. The standard InChI is InChI=1S/C13H16ClN3O2/c1-3-12(4-2)9-10(15-5-8(14)16-9)13(6-19-7-13)17-11(12)18/h5H,3-4,6-7H2,1-2H3,(H,17,18). The summed E-state index contributed by atoms with van der Waals surface area (Å²) < 4.78 is 5.27. The van der Waals surface area contributed by atoms with Crippen molar-refractivity contribution < 1.29 is 9.53 Å². The topological polar surface area (TPSA) is 64.1 Å². The molecule has 5 nitrogen and oxygen atoms in total. The predicted octanol–water partition coefficient (Wildman–Crippen LogP) is 1.54. The lowest BCUT2D eigenvalue weighted by atomic mass is 9.70. The largest absolute Gasteiger partial charge is 0.376 e. The number of hydrogen-bond acceptors (Lipinski definition) is 4. The molecular formula is C13H16ClN3O2. The van der Waals surface area contributed by atoms with Crippen molar-refractivity contribution in [2.75, 3.05) is 13.2 Å². The maximum atomic E-state index is 12.6. The first-order chi connectivity index (χ1) is 9.08. The summed E-state index contributed by atoms with van der Waals surface area (Å²) in [5.74, 6) is 0.00451. The Kier molecular flexibility index (Phi) is 2.80. The number of carbonyl (C=O) groups is 1. The Morgan fingerprint density at radius 1 is 1.37 bits per heavy atom. The van der Waals surface area contributed by atoms with Gasteiger partial charge in [-0.25, -0.2) is 4.98 Å². The number of ether oxygens (including phenoxy) is 1. The zero-order valence-corrected chi connectivity index (χ0v) is 11.8. The number of nitrogens with zero attached hydrogens (tertiary/aromatic N) is 2. The molecule has 0 radical (unpaired) electrons. The van der Waals surface area contributed by atoms with E-state index >= 15 is 0 Å². The van der Waals surface area contributed by atoms with Crippen molar-refractivity contribution in [1.29, 1.82) is 0 Å². The number of carbonyl (C=O) groups excluding carboxylic acids is 1. The molecule has 6 heteroatoms. The molecule has 0 aromatic carbocycles. The van der Waals surface area contributed by atoms with Crippen molar-refractivity contribution in [3.05, 3.63) is 22.7 Å². The van der Waals surface area contributed by atoms with Crippen LogP contribution in [0.2, 0.25) is 5.15 Å². The van der Waals surface area contributed by atoms with E-state index in [4.69, 9.17) is 16.3 Å². The van der Waals surface area contributed by atoms with E-state index in [-0.39, 0.29) is 5.91 Å². The molecule has 0 saturated carbocycles. The fourth-order valence-corrected chi connectivity index (χ4v) is 3.11. The molecule has 2 aliphatic heterocycles. The van der Waals surface area contributed by atoms with Crippen LogP contribution >= 0.6 is 11.6 Å². The molecule has 102 valence electrons. The van der Waals surface area contributed by atoms with Crippen LogP contribution < -0.4 is 5.32 Å². The van der Waals surface area contributed by atoms with Crippen molar-refractivity contribution in [3.8, 4) is 0 Å². The average Bonchev–Trinajstić information content (AvgIpc) is 2.36. The van der Waals surface area contributed by atoms with Gasteiger partial charge in [0.25, 0.3) is 0 Å². The Balaban J connectivity index is 2.24. The highest BCUT2D eigenvalue weighted by molar-refractivity contribution is 6.29. The minimum Gasteiger partial charge on any atom is -0.376 e. The zero-order chi connectivity index (χ0) is 13.7. The van der Waals surface area contributed by atoms with Gasteiger partial charge in [-0.15, -0.1) is 0 Å². The van der Waals surface area contributed by atoms with Gasteiger partial charge in [0.2, 0.25) is 5.91 Å². The number of halogens is 1. The number of fused-ring (bicyclic) bond motifs is 2. The molecule has 1 spiro atoms. The first-order valence-electron chi connectivity index (χ1n) is 6.52. The van der Waals surface area contributed by atoms with Gasteiger partial charge in [-0.2, -0.15) is 0 Å². The first kappa shape index (κ1) is 12.8. The van der Waals surface area contributed by atoms with E-state index in [0.717, 1.165) is 11.4 Å². The second-order valence-corrected chi connectivity index (χ2v) is 5.60. The highest BCUT2D eigenvalue weighted by Crippen LogP contribution is 2.43. The van der Waals surface area contributed by atoms with Gasteiger partial charge in [0.1, 0.15) is 10.7 Å². The molecule has 0 unspecified atom stereocenters. The highest BCUT2D eigenvalue weighted by Gasteiger charge is 2.56. The van der Waals surface area contributed by atoms with Crippen molar-refractivity contribution in [3.63, 3.8) is 0 Å². The molecule has 3 rings (SSSR count). The molecule has 1 saturated heterocycles. The zero-order valence-electron chi connectivity index (χ0n) is 11.0. The minimum atomic E-state index is -0.631. The van der Waals surface area contributed by atoms with Gasteiger partial charge < -0.3 is 10.1 Å². The summed E-state index contributed by atoms with van der Waals surface area (Å²) in [7, 11) is 0. The molecule has 1 aromatic heterocycles. The Morgan fingerprint density at radius 2 is 2.05 bits per heavy atom. The van der Waals surface area contributed by atoms with Gasteiger partial charge in [0.15, 0.2) is 0 Å². The van der Waals surface area contributed by atoms with Crippen LogP contribution in [0, 0.1) is 0 Å². The number of rotatable bonds is 2. The van der Waals surface area contributed by atoms with Gasteiger partial charge in [-0.3, -0.25) is 9.78 Å². The quantitative estimate of drug-likeness (QED) is 0.893. The van der Waals surface area contributed by atoms with Crippen LogP contribution in [0.3, 0.4) is 0 Å². The van der Waals surface area contributed by atoms with Crippen LogP contribution in [0.25, 0.3) is 0 Å². The van der Waals surface area contributed by atoms with E-state index in [1.54, 1.807) is 0 Å². The van der Waals surface area contributed by atoms with Gasteiger partial charge in [0.05, 0.1) is 36.2 Å². The van der Waals surface area contributed by atoms with Crippen LogP contribution in [0.5, 0.6) is 0 Å². The van der Waals surface area contributed by atoms with Crippen molar-refractivity contribution >= 4 is 17.5 Å². The Morgan fingerprint density at radius 3 is 2.58 bits per heavy atom. The maximum Gasteiger partial charge on any atom is 0.233 e. The number of amides is 1. The number of hydrogen-bond donors (Lipinski definition) is 1. The van der Waals surface area contributed by atoms with Crippen LogP contribution in [0.1, 0.15) is 38.1 Å². The molecule has 1 aromatic rings. The lowest BCUT2D eigenvalue weighted by Crippen LogP contribution is -2.67. The van der Waals surface area contributed by atoms with E-state index in [0.29, 0.717) is 31.2 Å². The predicted molar refractivity (Wildman–Crippen MR) is 69.9 cm³/mol. The normalized spacial score (nSPS) is 22.6. The van der Waals surface area contributed by atoms with Crippen LogP contribution in [0.4, 0.5) is 0 Å². The fraction of sp³-hybridized carbons (Fsp3) is 0.615. The molecule has 0 atom stereocenters. The van der Waals surface area contributed by atoms with E-state index in [9.17, 15) is 4.79 Å². The molecular weight excluding hydrogens is 266 g/mol. The second kappa shape index (κ2) is 4.15. The van der Waals surface area contributed by atoms with Gasteiger partial charge in [-0.1, -0.05) is 25.4 Å². The second-order valence-electron chi connectivity index (χ2n) is 5.21. The Labute approximate surface area is 116 Å². The third kappa shape index (κ3) is 1.55. The summed E-state index contributed by atoms with van der Waals surface area (Å²) in [5.41, 5.74) is 0.398. The molecule has 1 fully saturated rings. The van der Waals surface area contributed by atoms with E-state index in [1.165, 1.54) is 6.20 Å². The third-order valence-electron chi connectivity index (χ3n) is 4.34. The summed E-state index contributed by atoms with van der Waals surface area (Å²) in [6.45, 7) is 4.88. The third-order valence-corrected chi connectivity index (χ3v) is 4.52. The summed E-state index contributed by atoms with van der Waals surface area (Å²) in [5, 5.41) is 3.42. The highest BCUT2D eigenvalue weighted by atomic mass is 35.5. The Hall–Kier alpha value is -1.20. The molecule has 3 heterocycles. The summed E-state index contributed by atoms with van der Waals surface area (Å²) in [6, 6.07) is 0. The smallest absolute Gasteiger partial charge is 0.233 e. The Bertz CT molecular complexity index is 539. The molecule has 19 heavy (non-hydrogen) atoms. The van der Waals surface area contributed by atoms with Crippen LogP contribution in [-0.4, -0.2) is 29.1 Å². The monoisotopic (exact) mass is 281 g/mol. The lowest BCUT2D eigenvalue weighted by molar-refractivity contribution is -0.144. The van der Waals surface area contributed by atoms with Gasteiger partial charge >= 0.3 is 0 Å². The molecule has 0 aliphatic carbocycles. The van der Waals surface area contributed by atoms with Crippen LogP contribution in [-0.2, 0) is 20.5 Å². The minimum absolute atomic E-state index is 0.00451. The lowest BCUT2D eigenvalue weighted by Gasteiger charge is -2.49. The van der Waals surface area contributed by atoms with E-state index in [2.05, 4.69) is 15.3 Å². The fourth-order valence-electron chi connectivity index (χ4n) is 2.98. The SMILES string of the molecule is CCC1(CC)C(=O)NC2(COC2)c2ncc(Cl)nc21. The summed E-state index contributed by atoms with van der Waals surface area (Å²) >= 11 is 5.98. The van der Waals surface area contributed by atoms with Gasteiger partial charge in [-0.05, 0) is 12.8 Å². The number of aromatic nitrogens is 2. The van der Waals surface area contributed by atoms with Crippen molar-refractivity contribution in [2.45, 2.75) is 37.6 Å².